The van der Waals surface area contributed by atoms with E-state index in [0.717, 1.165) is 22.2 Å². The highest BCUT2D eigenvalue weighted by Crippen LogP contribution is 2.15. The highest BCUT2D eigenvalue weighted by Gasteiger charge is 2.25. The Labute approximate surface area is 157 Å². The topological polar surface area (TPSA) is 69.3 Å². The van der Waals surface area contributed by atoms with E-state index in [1.165, 1.54) is 0 Å². The Morgan fingerprint density at radius 3 is 2.59 bits per heavy atom. The van der Waals surface area contributed by atoms with Gasteiger partial charge in [-0.2, -0.15) is 0 Å². The number of fused-ring (bicyclic) bond motifs is 1. The maximum Gasteiger partial charge on any atom is 0.253 e. The predicted molar refractivity (Wildman–Crippen MR) is 103 cm³/mol. The molecule has 0 saturated carbocycles. The quantitative estimate of drug-likeness (QED) is 0.778. The molecule has 1 fully saturated rings. The average molecular weight is 362 g/mol. The van der Waals surface area contributed by atoms with E-state index in [0.29, 0.717) is 38.2 Å². The molecule has 1 aliphatic heterocycles. The third-order valence-corrected chi connectivity index (χ3v) is 5.02. The fourth-order valence-electron chi connectivity index (χ4n) is 3.50. The van der Waals surface area contributed by atoms with Crippen LogP contribution in [-0.4, -0.2) is 57.8 Å². The maximum atomic E-state index is 12.6. The molecule has 0 atom stereocenters. The summed E-state index contributed by atoms with van der Waals surface area (Å²) in [6.45, 7) is 4.26. The van der Waals surface area contributed by atoms with Gasteiger partial charge in [-0.3, -0.25) is 9.59 Å². The molecular formula is C21H22N4O2. The summed E-state index contributed by atoms with van der Waals surface area (Å²) in [5, 5.41) is 0. The molecule has 0 radical (unpaired) electrons. The Kier molecular flexibility index (Phi) is 4.62. The van der Waals surface area contributed by atoms with Crippen molar-refractivity contribution in [1.82, 2.24) is 19.8 Å². The highest BCUT2D eigenvalue weighted by molar-refractivity contribution is 5.94. The predicted octanol–water partition coefficient (Wildman–Crippen LogP) is 2.40. The number of H-pyrrole nitrogens is 1. The maximum absolute atomic E-state index is 12.6. The number of hydrogen-bond donors (Lipinski definition) is 1. The number of aryl methyl sites for hydroxylation is 1. The van der Waals surface area contributed by atoms with E-state index in [-0.39, 0.29) is 11.8 Å². The van der Waals surface area contributed by atoms with Gasteiger partial charge in [-0.1, -0.05) is 23.8 Å². The molecule has 1 N–H and O–H groups in total. The van der Waals surface area contributed by atoms with Gasteiger partial charge in [0.25, 0.3) is 5.91 Å². The normalized spacial score (nSPS) is 14.6. The van der Waals surface area contributed by atoms with Crippen LogP contribution in [0.2, 0.25) is 0 Å². The van der Waals surface area contributed by atoms with Gasteiger partial charge in [0.1, 0.15) is 0 Å². The molecule has 1 saturated heterocycles. The van der Waals surface area contributed by atoms with Crippen molar-refractivity contribution in [2.45, 2.75) is 13.3 Å². The standard InChI is InChI=1S/C21H22N4O2/c1-15-3-2-4-17(11-15)21(27)25-9-7-24(8-10-25)20(26)13-16-5-6-18-19(12-16)23-14-22-18/h2-6,11-12,14H,7-10,13H2,1H3,(H,22,23). The minimum atomic E-state index is 0.0375. The average Bonchev–Trinajstić information content (AvgIpc) is 3.15. The lowest BCUT2D eigenvalue weighted by molar-refractivity contribution is -0.131. The van der Waals surface area contributed by atoms with Crippen LogP contribution in [0.3, 0.4) is 0 Å². The van der Waals surface area contributed by atoms with Crippen molar-refractivity contribution < 1.29 is 9.59 Å². The first-order chi connectivity index (χ1) is 13.1. The third kappa shape index (κ3) is 3.69. The summed E-state index contributed by atoms with van der Waals surface area (Å²) in [7, 11) is 0. The third-order valence-electron chi connectivity index (χ3n) is 5.02. The second kappa shape index (κ2) is 7.23. The summed E-state index contributed by atoms with van der Waals surface area (Å²) in [5.41, 5.74) is 4.59. The number of nitrogens with one attached hydrogen (secondary N) is 1. The first-order valence-electron chi connectivity index (χ1n) is 9.16. The SMILES string of the molecule is Cc1cccc(C(=O)N2CCN(C(=O)Cc3ccc4nc[nH]c4c3)CC2)c1. The number of rotatable bonds is 3. The van der Waals surface area contributed by atoms with E-state index in [1.807, 2.05) is 59.2 Å². The van der Waals surface area contributed by atoms with Crippen molar-refractivity contribution >= 4 is 22.8 Å². The number of piperazine rings is 1. The number of imidazole rings is 1. The Morgan fingerprint density at radius 2 is 1.81 bits per heavy atom. The summed E-state index contributed by atoms with van der Waals surface area (Å²) in [4.78, 5) is 36.2. The van der Waals surface area contributed by atoms with Crippen LogP contribution >= 0.6 is 0 Å². The van der Waals surface area contributed by atoms with E-state index in [9.17, 15) is 9.59 Å². The van der Waals surface area contributed by atoms with Crippen molar-refractivity contribution in [2.24, 2.45) is 0 Å². The van der Waals surface area contributed by atoms with Gasteiger partial charge in [-0.15, -0.1) is 0 Å². The smallest absolute Gasteiger partial charge is 0.253 e. The zero-order valence-corrected chi connectivity index (χ0v) is 15.3. The van der Waals surface area contributed by atoms with E-state index in [4.69, 9.17) is 0 Å². The van der Waals surface area contributed by atoms with Gasteiger partial charge in [-0.05, 0) is 36.8 Å². The van der Waals surface area contributed by atoms with Crippen LogP contribution in [0.4, 0.5) is 0 Å². The molecule has 0 unspecified atom stereocenters. The number of amides is 2. The van der Waals surface area contributed by atoms with Crippen LogP contribution in [0.15, 0.2) is 48.8 Å². The number of carbonyl (C=O) groups excluding carboxylic acids is 2. The molecule has 0 spiro atoms. The second-order valence-electron chi connectivity index (χ2n) is 6.97. The summed E-state index contributed by atoms with van der Waals surface area (Å²) >= 11 is 0. The lowest BCUT2D eigenvalue weighted by Gasteiger charge is -2.35. The Balaban J connectivity index is 1.35. The molecule has 138 valence electrons. The number of aromatic amines is 1. The van der Waals surface area contributed by atoms with Gasteiger partial charge in [-0.25, -0.2) is 4.98 Å². The summed E-state index contributed by atoms with van der Waals surface area (Å²) in [5.74, 6) is 0.131. The molecule has 6 nitrogen and oxygen atoms in total. The molecule has 0 bridgehead atoms. The van der Waals surface area contributed by atoms with Crippen molar-refractivity contribution in [1.29, 1.82) is 0 Å². The van der Waals surface area contributed by atoms with E-state index in [2.05, 4.69) is 9.97 Å². The largest absolute Gasteiger partial charge is 0.345 e. The molecule has 6 heteroatoms. The van der Waals surface area contributed by atoms with Crippen LogP contribution in [0.1, 0.15) is 21.5 Å². The Morgan fingerprint density at radius 1 is 1.04 bits per heavy atom. The molecule has 3 aromatic rings. The lowest BCUT2D eigenvalue weighted by atomic mass is 10.1. The molecule has 4 rings (SSSR count). The zero-order chi connectivity index (χ0) is 18.8. The van der Waals surface area contributed by atoms with Crippen LogP contribution < -0.4 is 0 Å². The molecule has 1 aliphatic rings. The second-order valence-corrected chi connectivity index (χ2v) is 6.97. The van der Waals surface area contributed by atoms with Crippen molar-refractivity contribution in [3.63, 3.8) is 0 Å². The molecule has 0 aliphatic carbocycles. The van der Waals surface area contributed by atoms with Gasteiger partial charge in [0.05, 0.1) is 23.8 Å². The molecule has 2 heterocycles. The van der Waals surface area contributed by atoms with Crippen LogP contribution in [-0.2, 0) is 11.2 Å². The molecular weight excluding hydrogens is 340 g/mol. The minimum absolute atomic E-state index is 0.0375. The van der Waals surface area contributed by atoms with Gasteiger partial charge < -0.3 is 14.8 Å². The summed E-state index contributed by atoms with van der Waals surface area (Å²) in [6.07, 6.45) is 2.02. The molecule has 2 amide bonds. The Hall–Kier alpha value is -3.15. The Bertz CT molecular complexity index is 987. The van der Waals surface area contributed by atoms with Gasteiger partial charge in [0.15, 0.2) is 0 Å². The van der Waals surface area contributed by atoms with Crippen LogP contribution in [0.25, 0.3) is 11.0 Å². The molecule has 1 aromatic heterocycles. The summed E-state index contributed by atoms with van der Waals surface area (Å²) in [6, 6.07) is 13.5. The fraction of sp³-hybridized carbons (Fsp3) is 0.286. The number of hydrogen-bond acceptors (Lipinski definition) is 3. The first kappa shape index (κ1) is 17.3. The van der Waals surface area contributed by atoms with Crippen LogP contribution in [0, 0.1) is 6.92 Å². The first-order valence-corrected chi connectivity index (χ1v) is 9.16. The lowest BCUT2D eigenvalue weighted by Crippen LogP contribution is -2.51. The minimum Gasteiger partial charge on any atom is -0.345 e. The van der Waals surface area contributed by atoms with Crippen molar-refractivity contribution in [3.8, 4) is 0 Å². The molecule has 27 heavy (non-hydrogen) atoms. The van der Waals surface area contributed by atoms with Crippen LogP contribution in [0.5, 0.6) is 0 Å². The number of aromatic nitrogens is 2. The van der Waals surface area contributed by atoms with Gasteiger partial charge in [0.2, 0.25) is 5.91 Å². The van der Waals surface area contributed by atoms with Gasteiger partial charge in [0, 0.05) is 31.7 Å². The van der Waals surface area contributed by atoms with E-state index in [1.54, 1.807) is 6.33 Å². The van der Waals surface area contributed by atoms with Crippen molar-refractivity contribution in [3.05, 3.63) is 65.5 Å². The number of nitrogens with zero attached hydrogens (tertiary/aromatic N) is 3. The van der Waals surface area contributed by atoms with Crippen molar-refractivity contribution in [2.75, 3.05) is 26.2 Å². The monoisotopic (exact) mass is 362 g/mol. The number of benzene rings is 2. The fourth-order valence-corrected chi connectivity index (χ4v) is 3.50. The highest BCUT2D eigenvalue weighted by atomic mass is 16.2. The number of carbonyl (C=O) groups is 2. The van der Waals surface area contributed by atoms with Gasteiger partial charge >= 0.3 is 0 Å². The van der Waals surface area contributed by atoms with E-state index < -0.39 is 0 Å². The zero-order valence-electron chi connectivity index (χ0n) is 15.3. The summed E-state index contributed by atoms with van der Waals surface area (Å²) < 4.78 is 0. The van der Waals surface area contributed by atoms with E-state index >= 15 is 0 Å². The molecule has 2 aromatic carbocycles.